The molecule has 0 spiro atoms. The summed E-state index contributed by atoms with van der Waals surface area (Å²) in [5, 5.41) is 9.52. The van der Waals surface area contributed by atoms with Gasteiger partial charge in [-0.15, -0.1) is 0 Å². The van der Waals surface area contributed by atoms with Crippen LogP contribution in [-0.4, -0.2) is 53.0 Å². The zero-order chi connectivity index (χ0) is 16.7. The van der Waals surface area contributed by atoms with Crippen LogP contribution in [0.1, 0.15) is 6.42 Å². The lowest BCUT2D eigenvalue weighted by atomic mass is 9.82. The van der Waals surface area contributed by atoms with E-state index in [-0.39, 0.29) is 23.7 Å². The first-order valence-corrected chi connectivity index (χ1v) is 8.51. The molecule has 6 heteroatoms. The van der Waals surface area contributed by atoms with Gasteiger partial charge in [0.05, 0.1) is 11.8 Å². The van der Waals surface area contributed by atoms with Crippen LogP contribution in [0, 0.1) is 23.7 Å². The van der Waals surface area contributed by atoms with Crippen LogP contribution in [0.25, 0.3) is 0 Å². The Morgan fingerprint density at radius 1 is 1.04 bits per heavy atom. The molecule has 1 N–H and O–H groups in total. The van der Waals surface area contributed by atoms with E-state index in [1.54, 1.807) is 6.20 Å². The van der Waals surface area contributed by atoms with Crippen molar-refractivity contribution < 1.29 is 14.7 Å². The Morgan fingerprint density at radius 3 is 2.38 bits per heavy atom. The second kappa shape index (κ2) is 5.92. The molecule has 3 aliphatic rings. The molecule has 0 aromatic carbocycles. The highest BCUT2D eigenvalue weighted by molar-refractivity contribution is 5.87. The predicted molar refractivity (Wildman–Crippen MR) is 88.4 cm³/mol. The van der Waals surface area contributed by atoms with Crippen LogP contribution in [-0.2, 0) is 9.59 Å². The molecule has 1 amide bonds. The molecule has 24 heavy (non-hydrogen) atoms. The number of piperazine rings is 1. The highest BCUT2D eigenvalue weighted by Crippen LogP contribution is 2.48. The van der Waals surface area contributed by atoms with E-state index in [1.165, 1.54) is 0 Å². The minimum atomic E-state index is -0.836. The number of rotatable bonds is 3. The first-order valence-electron chi connectivity index (χ1n) is 8.51. The maximum absolute atomic E-state index is 12.9. The van der Waals surface area contributed by atoms with Gasteiger partial charge >= 0.3 is 5.97 Å². The second-order valence-electron chi connectivity index (χ2n) is 6.84. The van der Waals surface area contributed by atoms with Crippen LogP contribution in [0.3, 0.4) is 0 Å². The van der Waals surface area contributed by atoms with Gasteiger partial charge in [0.1, 0.15) is 5.82 Å². The zero-order valence-corrected chi connectivity index (χ0v) is 13.4. The largest absolute Gasteiger partial charge is 0.481 e. The number of aliphatic carboxylic acids is 1. The molecule has 4 rings (SSSR count). The minimum Gasteiger partial charge on any atom is -0.481 e. The Bertz CT molecular complexity index is 667. The van der Waals surface area contributed by atoms with Gasteiger partial charge in [0, 0.05) is 32.4 Å². The van der Waals surface area contributed by atoms with E-state index in [0.717, 1.165) is 25.3 Å². The molecule has 126 valence electrons. The molecule has 2 aliphatic carbocycles. The second-order valence-corrected chi connectivity index (χ2v) is 6.84. The van der Waals surface area contributed by atoms with E-state index in [4.69, 9.17) is 0 Å². The number of fused-ring (bicyclic) bond motifs is 2. The third kappa shape index (κ3) is 2.46. The number of pyridine rings is 1. The number of carboxylic acid groups (broad SMARTS) is 1. The fourth-order valence-electron chi connectivity index (χ4n) is 4.40. The van der Waals surface area contributed by atoms with E-state index in [9.17, 15) is 14.7 Å². The van der Waals surface area contributed by atoms with Gasteiger partial charge in [-0.05, 0) is 30.4 Å². The van der Waals surface area contributed by atoms with Crippen molar-refractivity contribution in [3.05, 3.63) is 36.5 Å². The molecule has 1 aliphatic heterocycles. The first kappa shape index (κ1) is 15.2. The molecule has 4 atom stereocenters. The summed E-state index contributed by atoms with van der Waals surface area (Å²) in [5.74, 6) is -0.720. The van der Waals surface area contributed by atoms with Crippen LogP contribution in [0.15, 0.2) is 36.5 Å². The molecule has 4 unspecified atom stereocenters. The number of carbonyl (C=O) groups excluding carboxylic acids is 1. The van der Waals surface area contributed by atoms with Crippen LogP contribution >= 0.6 is 0 Å². The third-order valence-corrected chi connectivity index (χ3v) is 5.59. The molecule has 1 saturated heterocycles. The van der Waals surface area contributed by atoms with Gasteiger partial charge in [-0.25, -0.2) is 4.98 Å². The number of anilines is 1. The number of nitrogens with zero attached hydrogens (tertiary/aromatic N) is 3. The fraction of sp³-hybridized carbons (Fsp3) is 0.500. The van der Waals surface area contributed by atoms with E-state index < -0.39 is 11.9 Å². The van der Waals surface area contributed by atoms with Crippen LogP contribution in [0.5, 0.6) is 0 Å². The number of hydrogen-bond donors (Lipinski definition) is 1. The summed E-state index contributed by atoms with van der Waals surface area (Å²) < 4.78 is 0. The lowest BCUT2D eigenvalue weighted by molar-refractivity contribution is -0.151. The molecule has 1 aromatic rings. The molecular weight excluding hydrogens is 306 g/mol. The zero-order valence-electron chi connectivity index (χ0n) is 13.4. The maximum Gasteiger partial charge on any atom is 0.307 e. The summed E-state index contributed by atoms with van der Waals surface area (Å²) in [6, 6.07) is 5.82. The predicted octanol–water partition coefficient (Wildman–Crippen LogP) is 1.25. The van der Waals surface area contributed by atoms with Crippen molar-refractivity contribution in [2.24, 2.45) is 23.7 Å². The van der Waals surface area contributed by atoms with Crippen molar-refractivity contribution >= 4 is 17.7 Å². The molecular formula is C18H21N3O3. The van der Waals surface area contributed by atoms with Gasteiger partial charge in [-0.1, -0.05) is 18.2 Å². The SMILES string of the molecule is O=C(O)C1C2C=CC(C2)C1C(=O)N1CCN(c2ccccn2)CC1. The number of aromatic nitrogens is 1. The van der Waals surface area contributed by atoms with Crippen LogP contribution < -0.4 is 4.90 Å². The number of hydrogen-bond acceptors (Lipinski definition) is 4. The third-order valence-electron chi connectivity index (χ3n) is 5.59. The number of allylic oxidation sites excluding steroid dienone is 2. The lowest BCUT2D eigenvalue weighted by Crippen LogP contribution is -2.52. The van der Waals surface area contributed by atoms with Gasteiger partial charge in [0.25, 0.3) is 0 Å². The number of amides is 1. The van der Waals surface area contributed by atoms with Crippen molar-refractivity contribution in [1.82, 2.24) is 9.88 Å². The Balaban J connectivity index is 1.43. The standard InChI is InChI=1S/C18H21N3O3/c22-17(15-12-4-5-13(11-12)16(15)18(23)24)21-9-7-20(8-10-21)14-3-1-2-6-19-14/h1-6,12-13,15-16H,7-11H2,(H,23,24). The smallest absolute Gasteiger partial charge is 0.307 e. The van der Waals surface area contributed by atoms with E-state index in [0.29, 0.717) is 13.1 Å². The summed E-state index contributed by atoms with van der Waals surface area (Å²) in [4.78, 5) is 32.9. The first-order chi connectivity index (χ1) is 11.6. The van der Waals surface area contributed by atoms with Gasteiger partial charge in [0.2, 0.25) is 5.91 Å². The lowest BCUT2D eigenvalue weighted by Gasteiger charge is -2.38. The van der Waals surface area contributed by atoms with Crippen LogP contribution in [0.4, 0.5) is 5.82 Å². The summed E-state index contributed by atoms with van der Waals surface area (Å²) in [6.07, 6.45) is 6.59. The van der Waals surface area contributed by atoms with E-state index in [2.05, 4.69) is 9.88 Å². The highest BCUT2D eigenvalue weighted by atomic mass is 16.4. The Kier molecular flexibility index (Phi) is 3.75. The van der Waals surface area contributed by atoms with Crippen molar-refractivity contribution in [2.45, 2.75) is 6.42 Å². The Morgan fingerprint density at radius 2 is 1.75 bits per heavy atom. The Labute approximate surface area is 140 Å². The van der Waals surface area contributed by atoms with Crippen LogP contribution in [0.2, 0.25) is 0 Å². The molecule has 1 aromatic heterocycles. The van der Waals surface area contributed by atoms with Gasteiger partial charge in [0.15, 0.2) is 0 Å². The minimum absolute atomic E-state index is 0.0138. The molecule has 6 nitrogen and oxygen atoms in total. The van der Waals surface area contributed by atoms with Gasteiger partial charge in [-0.3, -0.25) is 9.59 Å². The van der Waals surface area contributed by atoms with E-state index in [1.807, 2.05) is 35.3 Å². The highest BCUT2D eigenvalue weighted by Gasteiger charge is 2.52. The summed E-state index contributed by atoms with van der Waals surface area (Å²) in [6.45, 7) is 2.72. The number of carbonyl (C=O) groups is 2. The molecule has 2 fully saturated rings. The topological polar surface area (TPSA) is 73.7 Å². The molecule has 0 radical (unpaired) electrons. The fourth-order valence-corrected chi connectivity index (χ4v) is 4.40. The average Bonchev–Trinajstić information content (AvgIpc) is 3.23. The summed E-state index contributed by atoms with van der Waals surface area (Å²) >= 11 is 0. The van der Waals surface area contributed by atoms with Crippen molar-refractivity contribution in [1.29, 1.82) is 0 Å². The Hall–Kier alpha value is -2.37. The number of carboxylic acids is 1. The molecule has 2 bridgehead atoms. The maximum atomic E-state index is 12.9. The summed E-state index contributed by atoms with van der Waals surface area (Å²) in [7, 11) is 0. The van der Waals surface area contributed by atoms with Gasteiger partial charge < -0.3 is 14.9 Å². The normalized spacial score (nSPS) is 31.5. The van der Waals surface area contributed by atoms with Gasteiger partial charge in [-0.2, -0.15) is 0 Å². The average molecular weight is 327 g/mol. The monoisotopic (exact) mass is 327 g/mol. The van der Waals surface area contributed by atoms with Crippen molar-refractivity contribution in [3.63, 3.8) is 0 Å². The molecule has 2 heterocycles. The molecule has 1 saturated carbocycles. The van der Waals surface area contributed by atoms with E-state index >= 15 is 0 Å². The van der Waals surface area contributed by atoms with Crippen molar-refractivity contribution in [2.75, 3.05) is 31.1 Å². The quantitative estimate of drug-likeness (QED) is 0.846. The summed E-state index contributed by atoms with van der Waals surface area (Å²) in [5.41, 5.74) is 0. The van der Waals surface area contributed by atoms with Crippen molar-refractivity contribution in [3.8, 4) is 0 Å².